The second-order valence-corrected chi connectivity index (χ2v) is 7.68. The average Bonchev–Trinajstić information content (AvgIpc) is 3.45. The highest BCUT2D eigenvalue weighted by Crippen LogP contribution is 2.49. The Kier molecular flexibility index (Phi) is 4.36. The number of ketones is 1. The molecule has 3 aromatic rings. The lowest BCUT2D eigenvalue weighted by molar-refractivity contribution is -0.119. The lowest BCUT2D eigenvalue weighted by Crippen LogP contribution is -2.08. The van der Waals surface area contributed by atoms with Gasteiger partial charge in [0.15, 0.2) is 0 Å². The topological polar surface area (TPSA) is 17.1 Å². The average molecular weight is 346 g/mol. The summed E-state index contributed by atoms with van der Waals surface area (Å²) in [4.78, 5) is 12.7. The number of carbonyl (C=O) groups is 1. The molecule has 4 rings (SSSR count). The van der Waals surface area contributed by atoms with E-state index in [4.69, 9.17) is 0 Å². The first-order valence-corrected chi connectivity index (χ1v) is 9.33. The molecule has 0 radical (unpaired) electrons. The molecule has 1 saturated carbocycles. The van der Waals surface area contributed by atoms with Crippen LogP contribution in [0.5, 0.6) is 0 Å². The predicted molar refractivity (Wildman–Crippen MR) is 104 cm³/mol. The molecule has 0 bridgehead atoms. The van der Waals surface area contributed by atoms with Crippen LogP contribution in [0.2, 0.25) is 0 Å². The number of benzene rings is 3. The number of Topliss-reactive ketones (excluding diaryl/α,β-unsaturated/α-hetero) is 1. The molecule has 1 nitrogen and oxygen atoms in total. The summed E-state index contributed by atoms with van der Waals surface area (Å²) >= 11 is 0. The van der Waals surface area contributed by atoms with Crippen molar-refractivity contribution < 1.29 is 9.18 Å². The standard InChI is InChI=1S/C24H23FO/c1-15(2)17-7-5-8-18(12-17)21-14-22(21)23(26)13-19-11-10-16-6-3-4-9-20(16)24(19)25/h3-12,15,21-22H,13-14H2,1-2H3. The Balaban J connectivity index is 1.50. The molecule has 3 aromatic carbocycles. The molecular formula is C24H23FO. The maximum Gasteiger partial charge on any atom is 0.141 e. The number of carbonyl (C=O) groups excluding carboxylic acids is 1. The number of hydrogen-bond donors (Lipinski definition) is 0. The molecule has 132 valence electrons. The smallest absolute Gasteiger partial charge is 0.141 e. The van der Waals surface area contributed by atoms with Crippen LogP contribution in [0.4, 0.5) is 4.39 Å². The molecule has 0 spiro atoms. The highest BCUT2D eigenvalue weighted by molar-refractivity contribution is 5.89. The quantitative estimate of drug-likeness (QED) is 0.552. The van der Waals surface area contributed by atoms with E-state index in [2.05, 4.69) is 38.1 Å². The van der Waals surface area contributed by atoms with Gasteiger partial charge in [-0.25, -0.2) is 4.39 Å². The molecule has 1 aliphatic carbocycles. The molecule has 2 heteroatoms. The number of halogens is 1. The van der Waals surface area contributed by atoms with Gasteiger partial charge in [0.25, 0.3) is 0 Å². The summed E-state index contributed by atoms with van der Waals surface area (Å²) < 4.78 is 14.7. The first-order chi connectivity index (χ1) is 12.5. The molecule has 0 N–H and O–H groups in total. The van der Waals surface area contributed by atoms with E-state index in [-0.39, 0.29) is 23.9 Å². The van der Waals surface area contributed by atoms with Gasteiger partial charge >= 0.3 is 0 Å². The fourth-order valence-electron chi connectivity index (χ4n) is 3.80. The van der Waals surface area contributed by atoms with Crippen molar-refractivity contribution in [1.82, 2.24) is 0 Å². The molecule has 0 aliphatic heterocycles. The van der Waals surface area contributed by atoms with Gasteiger partial charge in [-0.05, 0) is 40.3 Å². The normalized spacial score (nSPS) is 19.1. The molecule has 0 heterocycles. The maximum atomic E-state index is 14.7. The Morgan fingerprint density at radius 2 is 1.88 bits per heavy atom. The van der Waals surface area contributed by atoms with Crippen molar-refractivity contribution in [2.24, 2.45) is 5.92 Å². The van der Waals surface area contributed by atoms with Crippen molar-refractivity contribution in [3.05, 3.63) is 83.2 Å². The Morgan fingerprint density at radius 1 is 1.08 bits per heavy atom. The Hall–Kier alpha value is -2.48. The van der Waals surface area contributed by atoms with Crippen molar-refractivity contribution in [3.8, 4) is 0 Å². The Morgan fingerprint density at radius 3 is 2.69 bits per heavy atom. The van der Waals surface area contributed by atoms with Gasteiger partial charge in [-0.3, -0.25) is 4.79 Å². The molecule has 26 heavy (non-hydrogen) atoms. The third kappa shape index (κ3) is 3.16. The second kappa shape index (κ2) is 6.68. The van der Waals surface area contributed by atoms with Crippen LogP contribution in [0.25, 0.3) is 10.8 Å². The highest BCUT2D eigenvalue weighted by atomic mass is 19.1. The molecular weight excluding hydrogens is 323 g/mol. The zero-order valence-corrected chi connectivity index (χ0v) is 15.2. The van der Waals surface area contributed by atoms with Gasteiger partial charge in [-0.2, -0.15) is 0 Å². The molecule has 2 unspecified atom stereocenters. The SMILES string of the molecule is CC(C)c1cccc(C2CC2C(=O)Cc2ccc3ccccc3c2F)c1. The van der Waals surface area contributed by atoms with Crippen LogP contribution in [-0.4, -0.2) is 5.78 Å². The third-order valence-electron chi connectivity index (χ3n) is 5.52. The van der Waals surface area contributed by atoms with Crippen molar-refractivity contribution >= 4 is 16.6 Å². The second-order valence-electron chi connectivity index (χ2n) is 7.68. The largest absolute Gasteiger partial charge is 0.299 e. The van der Waals surface area contributed by atoms with Crippen molar-refractivity contribution in [3.63, 3.8) is 0 Å². The van der Waals surface area contributed by atoms with E-state index in [1.807, 2.05) is 24.3 Å². The molecule has 1 fully saturated rings. The minimum Gasteiger partial charge on any atom is -0.299 e. The summed E-state index contributed by atoms with van der Waals surface area (Å²) in [5.74, 6) is 0.706. The zero-order chi connectivity index (χ0) is 18.3. The van der Waals surface area contributed by atoms with Crippen LogP contribution in [0.15, 0.2) is 60.7 Å². The van der Waals surface area contributed by atoms with Gasteiger partial charge < -0.3 is 0 Å². The molecule has 2 atom stereocenters. The number of fused-ring (bicyclic) bond motifs is 1. The predicted octanol–water partition coefficient (Wildman–Crippen LogP) is 6.02. The molecule has 0 saturated heterocycles. The van der Waals surface area contributed by atoms with Crippen LogP contribution in [-0.2, 0) is 11.2 Å². The number of hydrogen-bond acceptors (Lipinski definition) is 1. The van der Waals surface area contributed by atoms with E-state index < -0.39 is 0 Å². The van der Waals surface area contributed by atoms with Crippen LogP contribution in [0, 0.1) is 11.7 Å². The zero-order valence-electron chi connectivity index (χ0n) is 15.2. The monoisotopic (exact) mass is 346 g/mol. The van der Waals surface area contributed by atoms with Crippen LogP contribution >= 0.6 is 0 Å². The number of rotatable bonds is 5. The van der Waals surface area contributed by atoms with E-state index in [0.717, 1.165) is 11.8 Å². The summed E-state index contributed by atoms with van der Waals surface area (Å²) in [6.07, 6.45) is 1.07. The van der Waals surface area contributed by atoms with Gasteiger partial charge in [-0.15, -0.1) is 0 Å². The minimum absolute atomic E-state index is 0.0308. The van der Waals surface area contributed by atoms with Gasteiger partial charge in [0.1, 0.15) is 11.6 Å². The van der Waals surface area contributed by atoms with Gasteiger partial charge in [0.05, 0.1) is 0 Å². The van der Waals surface area contributed by atoms with E-state index >= 15 is 0 Å². The molecule has 1 aliphatic rings. The van der Waals surface area contributed by atoms with Crippen molar-refractivity contribution in [2.45, 2.75) is 38.5 Å². The highest BCUT2D eigenvalue weighted by Gasteiger charge is 2.43. The molecule has 0 amide bonds. The van der Waals surface area contributed by atoms with Crippen molar-refractivity contribution in [2.75, 3.05) is 0 Å². The Bertz CT molecular complexity index is 973. The fourth-order valence-corrected chi connectivity index (χ4v) is 3.80. The van der Waals surface area contributed by atoms with E-state index in [0.29, 0.717) is 22.8 Å². The maximum absolute atomic E-state index is 14.7. The van der Waals surface area contributed by atoms with Gasteiger partial charge in [0, 0.05) is 17.7 Å². The van der Waals surface area contributed by atoms with E-state index in [1.54, 1.807) is 12.1 Å². The van der Waals surface area contributed by atoms with Crippen LogP contribution in [0.3, 0.4) is 0 Å². The summed E-state index contributed by atoms with van der Waals surface area (Å²) in [6, 6.07) is 19.6. The van der Waals surface area contributed by atoms with Crippen LogP contribution in [0.1, 0.15) is 48.8 Å². The van der Waals surface area contributed by atoms with E-state index in [9.17, 15) is 9.18 Å². The minimum atomic E-state index is -0.254. The fraction of sp³-hybridized carbons (Fsp3) is 0.292. The van der Waals surface area contributed by atoms with E-state index in [1.165, 1.54) is 11.1 Å². The third-order valence-corrected chi connectivity index (χ3v) is 5.52. The summed E-state index contributed by atoms with van der Waals surface area (Å²) in [5.41, 5.74) is 3.06. The van der Waals surface area contributed by atoms with Crippen molar-refractivity contribution in [1.29, 1.82) is 0 Å². The van der Waals surface area contributed by atoms with Gasteiger partial charge in [0.2, 0.25) is 0 Å². The lowest BCUT2D eigenvalue weighted by Gasteiger charge is -2.08. The van der Waals surface area contributed by atoms with Crippen LogP contribution < -0.4 is 0 Å². The van der Waals surface area contributed by atoms with Gasteiger partial charge in [-0.1, -0.05) is 74.5 Å². The Labute approximate surface area is 153 Å². The first-order valence-electron chi connectivity index (χ1n) is 9.33. The lowest BCUT2D eigenvalue weighted by atomic mass is 9.96. The summed E-state index contributed by atoms with van der Waals surface area (Å²) in [5, 5.41) is 1.46. The summed E-state index contributed by atoms with van der Waals surface area (Å²) in [6.45, 7) is 4.36. The molecule has 0 aromatic heterocycles. The first kappa shape index (κ1) is 17.0. The summed E-state index contributed by atoms with van der Waals surface area (Å²) in [7, 11) is 0.